The van der Waals surface area contributed by atoms with Crippen LogP contribution < -0.4 is 0 Å². The van der Waals surface area contributed by atoms with Gasteiger partial charge in [0.1, 0.15) is 0 Å². The van der Waals surface area contributed by atoms with Crippen LogP contribution in [0.5, 0.6) is 0 Å². The molecule has 2 heterocycles. The Bertz CT molecular complexity index is 874. The largest absolute Gasteiger partial charge is 0.351 e. The fourth-order valence-corrected chi connectivity index (χ4v) is 3.76. The zero-order chi connectivity index (χ0) is 18.5. The summed E-state index contributed by atoms with van der Waals surface area (Å²) in [5, 5.41) is 4.10. The molecule has 1 aliphatic rings. The van der Waals surface area contributed by atoms with Crippen molar-refractivity contribution in [2.45, 2.75) is 31.6 Å². The highest BCUT2D eigenvalue weighted by Crippen LogP contribution is 2.27. The van der Waals surface area contributed by atoms with Gasteiger partial charge in [-0.2, -0.15) is 0 Å². The first-order chi connectivity index (χ1) is 13.3. The monoisotopic (exact) mass is 360 g/mol. The van der Waals surface area contributed by atoms with Crippen molar-refractivity contribution < 1.29 is 9.32 Å². The maximum Gasteiger partial charge on any atom is 0.292 e. The molecule has 0 spiro atoms. The molecule has 2 aromatic carbocycles. The van der Waals surface area contributed by atoms with E-state index >= 15 is 0 Å². The number of amides is 1. The Balaban J connectivity index is 1.38. The molecule has 1 unspecified atom stereocenters. The van der Waals surface area contributed by atoms with Gasteiger partial charge in [0.25, 0.3) is 5.91 Å². The van der Waals surface area contributed by atoms with E-state index in [9.17, 15) is 4.79 Å². The summed E-state index contributed by atoms with van der Waals surface area (Å²) < 4.78 is 5.37. The summed E-state index contributed by atoms with van der Waals surface area (Å²) in [6, 6.07) is 22.5. The lowest BCUT2D eigenvalue weighted by Crippen LogP contribution is -2.38. The number of likely N-dealkylation sites (tertiary alicyclic amines) is 1. The minimum absolute atomic E-state index is 0.0471. The summed E-state index contributed by atoms with van der Waals surface area (Å²) in [6.45, 7) is 1.52. The van der Waals surface area contributed by atoms with E-state index in [0.29, 0.717) is 11.7 Å². The smallest absolute Gasteiger partial charge is 0.292 e. The zero-order valence-corrected chi connectivity index (χ0v) is 15.4. The van der Waals surface area contributed by atoms with Crippen LogP contribution in [0.2, 0.25) is 0 Å². The average Bonchev–Trinajstić information content (AvgIpc) is 3.22. The van der Waals surface area contributed by atoms with Crippen molar-refractivity contribution in [2.75, 3.05) is 13.1 Å². The van der Waals surface area contributed by atoms with Gasteiger partial charge < -0.3 is 9.42 Å². The number of hydrogen-bond donors (Lipinski definition) is 0. The Hall–Kier alpha value is -2.88. The van der Waals surface area contributed by atoms with Crippen molar-refractivity contribution >= 4 is 5.91 Å². The van der Waals surface area contributed by atoms with Gasteiger partial charge in [0, 0.05) is 25.1 Å². The third-order valence-electron chi connectivity index (χ3n) is 5.26. The summed E-state index contributed by atoms with van der Waals surface area (Å²) in [5.41, 5.74) is 3.39. The number of aryl methyl sites for hydroxylation is 2. The van der Waals surface area contributed by atoms with Crippen LogP contribution in [-0.2, 0) is 12.8 Å². The van der Waals surface area contributed by atoms with Crippen molar-refractivity contribution in [2.24, 2.45) is 0 Å². The first-order valence-electron chi connectivity index (χ1n) is 9.63. The molecule has 1 atom stereocenters. The fourth-order valence-electron chi connectivity index (χ4n) is 3.76. The molecular formula is C23H24N2O2. The maximum absolute atomic E-state index is 12.9. The summed E-state index contributed by atoms with van der Waals surface area (Å²) in [5.74, 6) is 0.699. The second kappa shape index (κ2) is 8.21. The molecule has 0 aliphatic carbocycles. The Kier molecular flexibility index (Phi) is 5.33. The van der Waals surface area contributed by atoms with E-state index in [1.54, 1.807) is 6.07 Å². The standard InChI is InChI=1S/C23H24N2O2/c26-23(25-15-7-12-20(17-25)19-10-5-2-6-11-19)22-16-21(24-27-22)14-13-18-8-3-1-4-9-18/h1-6,8-11,16,20H,7,12-15,17H2. The van der Waals surface area contributed by atoms with Gasteiger partial charge in [-0.05, 0) is 36.8 Å². The van der Waals surface area contributed by atoms with E-state index in [0.717, 1.165) is 44.5 Å². The SMILES string of the molecule is O=C(c1cc(CCc2ccccc2)no1)N1CCCC(c2ccccc2)C1. The van der Waals surface area contributed by atoms with Gasteiger partial charge >= 0.3 is 0 Å². The second-order valence-corrected chi connectivity index (χ2v) is 7.17. The second-order valence-electron chi connectivity index (χ2n) is 7.17. The molecular weight excluding hydrogens is 336 g/mol. The highest BCUT2D eigenvalue weighted by molar-refractivity contribution is 5.91. The molecule has 0 bridgehead atoms. The topological polar surface area (TPSA) is 46.3 Å². The van der Waals surface area contributed by atoms with Crippen molar-refractivity contribution in [3.63, 3.8) is 0 Å². The van der Waals surface area contributed by atoms with Crippen LogP contribution >= 0.6 is 0 Å². The molecule has 4 nitrogen and oxygen atoms in total. The van der Waals surface area contributed by atoms with E-state index in [1.807, 2.05) is 29.2 Å². The Labute approximate surface area is 159 Å². The highest BCUT2D eigenvalue weighted by atomic mass is 16.5. The van der Waals surface area contributed by atoms with Crippen LogP contribution in [0, 0.1) is 0 Å². The van der Waals surface area contributed by atoms with Crippen molar-refractivity contribution in [1.82, 2.24) is 10.1 Å². The maximum atomic E-state index is 12.9. The molecule has 138 valence electrons. The predicted molar refractivity (Wildman–Crippen MR) is 105 cm³/mol. The van der Waals surface area contributed by atoms with E-state index < -0.39 is 0 Å². The van der Waals surface area contributed by atoms with Gasteiger partial charge in [0.15, 0.2) is 0 Å². The molecule has 3 aromatic rings. The van der Waals surface area contributed by atoms with E-state index in [2.05, 4.69) is 41.6 Å². The molecule has 1 fully saturated rings. The lowest BCUT2D eigenvalue weighted by atomic mass is 9.90. The van der Waals surface area contributed by atoms with Gasteiger partial charge in [0.2, 0.25) is 5.76 Å². The van der Waals surface area contributed by atoms with Crippen LogP contribution in [0.3, 0.4) is 0 Å². The van der Waals surface area contributed by atoms with Gasteiger partial charge in [-0.3, -0.25) is 4.79 Å². The van der Waals surface area contributed by atoms with Crippen molar-refractivity contribution in [3.8, 4) is 0 Å². The fraction of sp³-hybridized carbons (Fsp3) is 0.304. The van der Waals surface area contributed by atoms with E-state index in [-0.39, 0.29) is 5.91 Å². The molecule has 4 rings (SSSR count). The number of carbonyl (C=O) groups is 1. The van der Waals surface area contributed by atoms with Gasteiger partial charge in [-0.15, -0.1) is 0 Å². The minimum Gasteiger partial charge on any atom is -0.351 e. The number of aromatic nitrogens is 1. The number of hydrogen-bond acceptors (Lipinski definition) is 3. The first-order valence-corrected chi connectivity index (χ1v) is 9.63. The summed E-state index contributed by atoms with van der Waals surface area (Å²) in [7, 11) is 0. The molecule has 1 aromatic heterocycles. The number of carbonyl (C=O) groups excluding carboxylic acids is 1. The van der Waals surface area contributed by atoms with Gasteiger partial charge in [0.05, 0.1) is 5.69 Å². The number of nitrogens with zero attached hydrogens (tertiary/aromatic N) is 2. The number of benzene rings is 2. The molecule has 1 amide bonds. The first kappa shape index (κ1) is 17.5. The van der Waals surface area contributed by atoms with E-state index in [1.165, 1.54) is 11.1 Å². The third kappa shape index (κ3) is 4.27. The number of rotatable bonds is 5. The normalized spacial score (nSPS) is 17.0. The number of piperidine rings is 1. The highest BCUT2D eigenvalue weighted by Gasteiger charge is 2.27. The third-order valence-corrected chi connectivity index (χ3v) is 5.26. The molecule has 0 radical (unpaired) electrons. The zero-order valence-electron chi connectivity index (χ0n) is 15.4. The Morgan fingerprint density at radius 2 is 1.78 bits per heavy atom. The predicted octanol–water partition coefficient (Wildman–Crippen LogP) is 4.48. The average molecular weight is 360 g/mol. The molecule has 0 N–H and O–H groups in total. The summed E-state index contributed by atoms with van der Waals surface area (Å²) >= 11 is 0. The van der Waals surface area contributed by atoms with Crippen LogP contribution in [-0.4, -0.2) is 29.1 Å². The quantitative estimate of drug-likeness (QED) is 0.674. The summed E-state index contributed by atoms with van der Waals surface area (Å²) in [4.78, 5) is 14.8. The molecule has 27 heavy (non-hydrogen) atoms. The van der Waals surface area contributed by atoms with Crippen LogP contribution in [0.15, 0.2) is 71.3 Å². The minimum atomic E-state index is -0.0471. The molecule has 1 saturated heterocycles. The Morgan fingerprint density at radius 3 is 2.56 bits per heavy atom. The molecule has 1 aliphatic heterocycles. The summed E-state index contributed by atoms with van der Waals surface area (Å²) in [6.07, 6.45) is 3.79. The van der Waals surface area contributed by atoms with Crippen LogP contribution in [0.1, 0.15) is 46.1 Å². The van der Waals surface area contributed by atoms with Crippen LogP contribution in [0.25, 0.3) is 0 Å². The molecule has 4 heteroatoms. The van der Waals surface area contributed by atoms with Gasteiger partial charge in [-0.25, -0.2) is 0 Å². The lowest BCUT2D eigenvalue weighted by Gasteiger charge is -2.32. The Morgan fingerprint density at radius 1 is 1.04 bits per heavy atom. The van der Waals surface area contributed by atoms with Crippen molar-refractivity contribution in [1.29, 1.82) is 0 Å². The van der Waals surface area contributed by atoms with Gasteiger partial charge in [-0.1, -0.05) is 65.8 Å². The van der Waals surface area contributed by atoms with Crippen molar-refractivity contribution in [3.05, 3.63) is 89.3 Å². The van der Waals surface area contributed by atoms with Crippen LogP contribution in [0.4, 0.5) is 0 Å². The van der Waals surface area contributed by atoms with E-state index in [4.69, 9.17) is 4.52 Å². The lowest BCUT2D eigenvalue weighted by molar-refractivity contribution is 0.0665. The molecule has 0 saturated carbocycles.